The first kappa shape index (κ1) is 8.77. The summed E-state index contributed by atoms with van der Waals surface area (Å²) in [5.41, 5.74) is 6.68. The average molecular weight is 258 g/mol. The molecule has 0 amide bonds. The van der Waals surface area contributed by atoms with Gasteiger partial charge in [0.1, 0.15) is 0 Å². The van der Waals surface area contributed by atoms with E-state index in [1.807, 2.05) is 17.0 Å². The van der Waals surface area contributed by atoms with E-state index in [-0.39, 0.29) is 0 Å². The summed E-state index contributed by atoms with van der Waals surface area (Å²) >= 11 is 5.08. The van der Waals surface area contributed by atoms with Gasteiger partial charge in [-0.15, -0.1) is 11.3 Å². The molecule has 13 heavy (non-hydrogen) atoms. The second-order valence-corrected chi connectivity index (χ2v) is 4.52. The van der Waals surface area contributed by atoms with Crippen molar-refractivity contribution in [3.63, 3.8) is 0 Å². The summed E-state index contributed by atoms with van der Waals surface area (Å²) in [6.07, 6.45) is 1.79. The van der Waals surface area contributed by atoms with Crippen LogP contribution in [0, 0.1) is 0 Å². The highest BCUT2D eigenvalue weighted by Crippen LogP contribution is 2.30. The predicted octanol–water partition coefficient (Wildman–Crippen LogP) is 2.49. The minimum atomic E-state index is 0.541. The highest BCUT2D eigenvalue weighted by atomic mass is 79.9. The molecule has 2 rings (SSSR count). The fraction of sp³-hybridized carbons (Fsp3) is 0.125. The quantitative estimate of drug-likeness (QED) is 0.854. The molecule has 0 spiro atoms. The minimum absolute atomic E-state index is 0.541. The number of anilines is 1. The molecule has 0 atom stereocenters. The number of hydrogen-bond donors (Lipinski definition) is 1. The first-order chi connectivity index (χ1) is 6.18. The molecule has 3 nitrogen and oxygen atoms in total. The van der Waals surface area contributed by atoms with Crippen LogP contribution in [-0.4, -0.2) is 9.55 Å². The van der Waals surface area contributed by atoms with Crippen LogP contribution in [0.25, 0.3) is 10.6 Å². The summed E-state index contributed by atoms with van der Waals surface area (Å²) in [4.78, 5) is 5.20. The van der Waals surface area contributed by atoms with Crippen LogP contribution in [0.2, 0.25) is 0 Å². The molecule has 0 unspecified atom stereocenters. The Morgan fingerprint density at radius 3 is 2.85 bits per heavy atom. The summed E-state index contributed by atoms with van der Waals surface area (Å²) in [6.45, 7) is 0. The number of thiophene rings is 1. The maximum atomic E-state index is 5.63. The SMILES string of the molecule is Cn1c(-c2cc(Br)cs2)cnc1N. The molecule has 5 heteroatoms. The summed E-state index contributed by atoms with van der Waals surface area (Å²) < 4.78 is 2.96. The van der Waals surface area contributed by atoms with E-state index in [0.29, 0.717) is 5.95 Å². The number of hydrogen-bond acceptors (Lipinski definition) is 3. The Balaban J connectivity index is 2.52. The van der Waals surface area contributed by atoms with E-state index in [2.05, 4.69) is 27.0 Å². The van der Waals surface area contributed by atoms with Crippen LogP contribution >= 0.6 is 27.3 Å². The Bertz CT molecular complexity index is 432. The molecule has 0 fully saturated rings. The molecule has 0 saturated heterocycles. The average Bonchev–Trinajstić information content (AvgIpc) is 2.62. The molecule has 2 heterocycles. The molecule has 0 aliphatic rings. The first-order valence-corrected chi connectivity index (χ1v) is 5.37. The fourth-order valence-corrected chi connectivity index (χ4v) is 2.57. The number of nitrogens with two attached hydrogens (primary N) is 1. The van der Waals surface area contributed by atoms with E-state index in [1.165, 1.54) is 4.88 Å². The van der Waals surface area contributed by atoms with Gasteiger partial charge in [0.2, 0.25) is 0 Å². The molecule has 0 radical (unpaired) electrons. The molecule has 0 aliphatic carbocycles. The van der Waals surface area contributed by atoms with Gasteiger partial charge in [-0.1, -0.05) is 0 Å². The standard InChI is InChI=1S/C8H8BrN3S/c1-12-6(3-11-8(12)10)7-2-5(9)4-13-7/h2-4H,1H3,(H2,10,11). The van der Waals surface area contributed by atoms with Crippen molar-refractivity contribution in [2.75, 3.05) is 5.73 Å². The Hall–Kier alpha value is -0.810. The van der Waals surface area contributed by atoms with E-state index in [1.54, 1.807) is 17.5 Å². The van der Waals surface area contributed by atoms with Crippen LogP contribution in [0.1, 0.15) is 0 Å². The number of halogens is 1. The van der Waals surface area contributed by atoms with Gasteiger partial charge in [0, 0.05) is 16.9 Å². The zero-order chi connectivity index (χ0) is 9.42. The van der Waals surface area contributed by atoms with Crippen molar-refractivity contribution in [3.05, 3.63) is 22.1 Å². The van der Waals surface area contributed by atoms with Crippen molar-refractivity contribution < 1.29 is 0 Å². The van der Waals surface area contributed by atoms with Crippen LogP contribution < -0.4 is 5.73 Å². The molecule has 2 N–H and O–H groups in total. The third kappa shape index (κ3) is 1.49. The second-order valence-electron chi connectivity index (χ2n) is 2.69. The lowest BCUT2D eigenvalue weighted by Gasteiger charge is -1.98. The van der Waals surface area contributed by atoms with E-state index in [0.717, 1.165) is 10.2 Å². The molecule has 2 aromatic rings. The largest absolute Gasteiger partial charge is 0.369 e. The maximum absolute atomic E-state index is 5.63. The van der Waals surface area contributed by atoms with Crippen molar-refractivity contribution in [1.29, 1.82) is 0 Å². The van der Waals surface area contributed by atoms with E-state index >= 15 is 0 Å². The molecule has 0 bridgehead atoms. The first-order valence-electron chi connectivity index (χ1n) is 3.70. The van der Waals surface area contributed by atoms with Gasteiger partial charge < -0.3 is 10.3 Å². The van der Waals surface area contributed by atoms with Gasteiger partial charge >= 0.3 is 0 Å². The van der Waals surface area contributed by atoms with Crippen molar-refractivity contribution in [1.82, 2.24) is 9.55 Å². The topological polar surface area (TPSA) is 43.8 Å². The monoisotopic (exact) mass is 257 g/mol. The van der Waals surface area contributed by atoms with Gasteiger partial charge in [-0.25, -0.2) is 4.98 Å². The fourth-order valence-electron chi connectivity index (χ4n) is 1.10. The Morgan fingerprint density at radius 2 is 2.38 bits per heavy atom. The zero-order valence-corrected chi connectivity index (χ0v) is 9.39. The predicted molar refractivity (Wildman–Crippen MR) is 58.6 cm³/mol. The Morgan fingerprint density at radius 1 is 1.62 bits per heavy atom. The van der Waals surface area contributed by atoms with Gasteiger partial charge in [-0.05, 0) is 22.0 Å². The Labute approximate surface area is 88.3 Å². The zero-order valence-electron chi connectivity index (χ0n) is 6.99. The van der Waals surface area contributed by atoms with Gasteiger partial charge in [-0.3, -0.25) is 0 Å². The highest BCUT2D eigenvalue weighted by molar-refractivity contribution is 9.10. The molecule has 68 valence electrons. The van der Waals surface area contributed by atoms with E-state index in [4.69, 9.17) is 5.73 Å². The van der Waals surface area contributed by atoms with E-state index in [9.17, 15) is 0 Å². The number of aromatic nitrogens is 2. The normalized spacial score (nSPS) is 10.6. The van der Waals surface area contributed by atoms with Crippen LogP contribution in [0.4, 0.5) is 5.95 Å². The van der Waals surface area contributed by atoms with Crippen molar-refractivity contribution in [2.24, 2.45) is 7.05 Å². The van der Waals surface area contributed by atoms with Crippen LogP contribution in [0.15, 0.2) is 22.1 Å². The highest BCUT2D eigenvalue weighted by Gasteiger charge is 2.07. The molecule has 0 aliphatic heterocycles. The minimum Gasteiger partial charge on any atom is -0.369 e. The van der Waals surface area contributed by atoms with Crippen LogP contribution in [-0.2, 0) is 7.05 Å². The molecule has 2 aromatic heterocycles. The smallest absolute Gasteiger partial charge is 0.200 e. The molecular weight excluding hydrogens is 250 g/mol. The maximum Gasteiger partial charge on any atom is 0.200 e. The lowest BCUT2D eigenvalue weighted by molar-refractivity contribution is 0.940. The lowest BCUT2D eigenvalue weighted by Crippen LogP contribution is -1.97. The molecular formula is C8H8BrN3S. The van der Waals surface area contributed by atoms with Gasteiger partial charge in [-0.2, -0.15) is 0 Å². The van der Waals surface area contributed by atoms with Gasteiger partial charge in [0.25, 0.3) is 0 Å². The van der Waals surface area contributed by atoms with Crippen molar-refractivity contribution in [3.8, 4) is 10.6 Å². The Kier molecular flexibility index (Phi) is 2.13. The van der Waals surface area contributed by atoms with Crippen molar-refractivity contribution in [2.45, 2.75) is 0 Å². The number of rotatable bonds is 1. The summed E-state index contributed by atoms with van der Waals surface area (Å²) in [6, 6.07) is 2.06. The second kappa shape index (κ2) is 3.16. The van der Waals surface area contributed by atoms with Crippen LogP contribution in [0.5, 0.6) is 0 Å². The third-order valence-corrected chi connectivity index (χ3v) is 3.56. The third-order valence-electron chi connectivity index (χ3n) is 1.84. The van der Waals surface area contributed by atoms with E-state index < -0.39 is 0 Å². The van der Waals surface area contributed by atoms with Gasteiger partial charge in [0.15, 0.2) is 5.95 Å². The molecule has 0 saturated carbocycles. The van der Waals surface area contributed by atoms with Crippen molar-refractivity contribution >= 4 is 33.2 Å². The summed E-state index contributed by atoms with van der Waals surface area (Å²) in [5, 5.41) is 2.04. The number of nitrogens with zero attached hydrogens (tertiary/aromatic N) is 2. The summed E-state index contributed by atoms with van der Waals surface area (Å²) in [5.74, 6) is 0.541. The van der Waals surface area contributed by atoms with Gasteiger partial charge in [0.05, 0.1) is 16.8 Å². The number of nitrogen functional groups attached to an aromatic ring is 1. The lowest BCUT2D eigenvalue weighted by atomic mass is 10.4. The molecule has 0 aromatic carbocycles. The number of imidazole rings is 1. The van der Waals surface area contributed by atoms with Crippen LogP contribution in [0.3, 0.4) is 0 Å². The summed E-state index contributed by atoms with van der Waals surface area (Å²) in [7, 11) is 1.91.